The maximum atomic E-state index is 11.2. The summed E-state index contributed by atoms with van der Waals surface area (Å²) in [6.07, 6.45) is 0.357. The van der Waals surface area contributed by atoms with Crippen LogP contribution in [-0.2, 0) is 11.2 Å². The van der Waals surface area contributed by atoms with E-state index in [-0.39, 0.29) is 5.78 Å². The first-order valence-electron chi connectivity index (χ1n) is 5.22. The molecule has 0 atom stereocenters. The molecule has 0 unspecified atom stereocenters. The number of benzene rings is 1. The van der Waals surface area contributed by atoms with Crippen LogP contribution in [0.15, 0.2) is 24.3 Å². The third kappa shape index (κ3) is 1.76. The van der Waals surface area contributed by atoms with Crippen LogP contribution in [0.2, 0.25) is 0 Å². The number of rotatable bonds is 2. The summed E-state index contributed by atoms with van der Waals surface area (Å²) in [6, 6.07) is 7.71. The zero-order valence-corrected chi connectivity index (χ0v) is 9.45. The van der Waals surface area contributed by atoms with Gasteiger partial charge in [-0.25, -0.2) is 0 Å². The fraction of sp³-hybridized carbons (Fsp3) is 0.231. The van der Waals surface area contributed by atoms with Gasteiger partial charge in [0, 0.05) is 28.8 Å². The molecule has 3 nitrogen and oxygen atoms in total. The topological polar surface area (TPSA) is 56.0 Å². The van der Waals surface area contributed by atoms with E-state index in [1.54, 1.807) is 6.92 Å². The molecular weight excluding hydrogens is 200 g/mol. The number of nitrogens with zero attached hydrogens (tertiary/aromatic N) is 1. The second-order valence-electron chi connectivity index (χ2n) is 3.99. The maximum Gasteiger partial charge on any atom is 0.134 e. The third-order valence-electron chi connectivity index (χ3n) is 2.67. The Morgan fingerprint density at radius 1 is 1.38 bits per heavy atom. The van der Waals surface area contributed by atoms with Gasteiger partial charge in [0.2, 0.25) is 0 Å². The molecule has 3 heteroatoms. The number of aromatic nitrogens is 1. The summed E-state index contributed by atoms with van der Waals surface area (Å²) >= 11 is 0. The average Bonchev–Trinajstić information content (AvgIpc) is 2.24. The van der Waals surface area contributed by atoms with E-state index < -0.39 is 0 Å². The van der Waals surface area contributed by atoms with Gasteiger partial charge in [-0.2, -0.15) is 0 Å². The number of carbonyl (C=O) groups excluding carboxylic acids is 1. The number of carbonyl (C=O) groups is 1. The largest absolute Gasteiger partial charge is 0.398 e. The molecule has 0 bridgehead atoms. The molecule has 2 rings (SSSR count). The molecule has 0 aliphatic carbocycles. The molecule has 1 aromatic carbocycles. The van der Waals surface area contributed by atoms with Crippen molar-refractivity contribution in [1.82, 2.24) is 4.98 Å². The van der Waals surface area contributed by atoms with E-state index in [1.165, 1.54) is 0 Å². The molecule has 0 saturated carbocycles. The summed E-state index contributed by atoms with van der Waals surface area (Å²) < 4.78 is 0. The van der Waals surface area contributed by atoms with Crippen molar-refractivity contribution >= 4 is 22.4 Å². The van der Waals surface area contributed by atoms with Gasteiger partial charge >= 0.3 is 0 Å². The van der Waals surface area contributed by atoms with Crippen molar-refractivity contribution in [1.29, 1.82) is 0 Å². The van der Waals surface area contributed by atoms with E-state index in [4.69, 9.17) is 5.73 Å². The van der Waals surface area contributed by atoms with Crippen molar-refractivity contribution < 1.29 is 4.79 Å². The van der Waals surface area contributed by atoms with Gasteiger partial charge in [0.1, 0.15) is 5.78 Å². The number of para-hydroxylation sites is 1. The van der Waals surface area contributed by atoms with Crippen LogP contribution in [0.4, 0.5) is 5.69 Å². The Morgan fingerprint density at radius 3 is 2.75 bits per heavy atom. The number of pyridine rings is 1. The van der Waals surface area contributed by atoms with E-state index in [0.717, 1.165) is 22.2 Å². The fourth-order valence-corrected chi connectivity index (χ4v) is 1.88. The van der Waals surface area contributed by atoms with Crippen molar-refractivity contribution in [2.45, 2.75) is 20.3 Å². The first-order chi connectivity index (χ1) is 7.59. The molecule has 0 spiro atoms. The minimum atomic E-state index is 0.104. The molecule has 0 aliphatic heterocycles. The van der Waals surface area contributed by atoms with Gasteiger partial charge in [-0.3, -0.25) is 9.78 Å². The Morgan fingerprint density at radius 2 is 2.06 bits per heavy atom. The molecule has 0 saturated heterocycles. The minimum Gasteiger partial charge on any atom is -0.398 e. The molecule has 2 aromatic rings. The van der Waals surface area contributed by atoms with Crippen molar-refractivity contribution in [3.05, 3.63) is 35.5 Å². The second-order valence-corrected chi connectivity index (χ2v) is 3.99. The van der Waals surface area contributed by atoms with Crippen LogP contribution < -0.4 is 5.73 Å². The van der Waals surface area contributed by atoms with Crippen LogP contribution in [0, 0.1) is 6.92 Å². The number of anilines is 1. The van der Waals surface area contributed by atoms with Crippen LogP contribution in [-0.4, -0.2) is 10.8 Å². The van der Waals surface area contributed by atoms with E-state index >= 15 is 0 Å². The normalized spacial score (nSPS) is 10.6. The van der Waals surface area contributed by atoms with Crippen LogP contribution in [0.3, 0.4) is 0 Å². The summed E-state index contributed by atoms with van der Waals surface area (Å²) in [5.74, 6) is 0.104. The lowest BCUT2D eigenvalue weighted by Crippen LogP contribution is -2.06. The quantitative estimate of drug-likeness (QED) is 0.834. The van der Waals surface area contributed by atoms with E-state index in [1.807, 2.05) is 31.2 Å². The molecule has 1 heterocycles. The highest BCUT2D eigenvalue weighted by atomic mass is 16.1. The highest BCUT2D eigenvalue weighted by molar-refractivity contribution is 5.94. The Bertz CT molecular complexity index is 561. The molecule has 16 heavy (non-hydrogen) atoms. The number of ketones is 1. The first kappa shape index (κ1) is 10.6. The lowest BCUT2D eigenvalue weighted by atomic mass is 10.0. The van der Waals surface area contributed by atoms with E-state index in [0.29, 0.717) is 12.1 Å². The highest BCUT2D eigenvalue weighted by Crippen LogP contribution is 2.25. The van der Waals surface area contributed by atoms with Crippen molar-refractivity contribution in [2.24, 2.45) is 0 Å². The van der Waals surface area contributed by atoms with Gasteiger partial charge in [-0.15, -0.1) is 0 Å². The first-order valence-corrected chi connectivity index (χ1v) is 5.22. The number of Topliss-reactive ketones (excluding diaryl/α,β-unsaturated/α-hetero) is 1. The van der Waals surface area contributed by atoms with Gasteiger partial charge in [-0.05, 0) is 19.9 Å². The maximum absolute atomic E-state index is 11.2. The van der Waals surface area contributed by atoms with Crippen molar-refractivity contribution in [3.8, 4) is 0 Å². The number of fused-ring (bicyclic) bond motifs is 1. The zero-order chi connectivity index (χ0) is 11.7. The number of nitrogens with two attached hydrogens (primary N) is 1. The zero-order valence-electron chi connectivity index (χ0n) is 9.45. The van der Waals surface area contributed by atoms with Gasteiger partial charge in [0.05, 0.1) is 5.52 Å². The van der Waals surface area contributed by atoms with Crippen molar-refractivity contribution in [3.63, 3.8) is 0 Å². The van der Waals surface area contributed by atoms with Gasteiger partial charge in [0.25, 0.3) is 0 Å². The van der Waals surface area contributed by atoms with Crippen LogP contribution >= 0.6 is 0 Å². The highest BCUT2D eigenvalue weighted by Gasteiger charge is 2.11. The van der Waals surface area contributed by atoms with E-state index in [9.17, 15) is 4.79 Å². The second kappa shape index (κ2) is 3.93. The molecule has 0 aliphatic rings. The molecule has 0 radical (unpaired) electrons. The number of nitrogen functional groups attached to an aromatic ring is 1. The fourth-order valence-electron chi connectivity index (χ4n) is 1.88. The Balaban J connectivity index is 2.70. The molecule has 82 valence electrons. The smallest absolute Gasteiger partial charge is 0.134 e. The monoisotopic (exact) mass is 214 g/mol. The van der Waals surface area contributed by atoms with Gasteiger partial charge in [0.15, 0.2) is 0 Å². The summed E-state index contributed by atoms with van der Waals surface area (Å²) in [5, 5.41) is 0.921. The molecule has 0 fully saturated rings. The van der Waals surface area contributed by atoms with Crippen LogP contribution in [0.5, 0.6) is 0 Å². The Hall–Kier alpha value is -1.90. The number of hydrogen-bond acceptors (Lipinski definition) is 3. The Kier molecular flexibility index (Phi) is 2.60. The number of hydrogen-bond donors (Lipinski definition) is 1. The van der Waals surface area contributed by atoms with Crippen LogP contribution in [0.25, 0.3) is 10.9 Å². The third-order valence-corrected chi connectivity index (χ3v) is 2.67. The lowest BCUT2D eigenvalue weighted by Gasteiger charge is -2.10. The molecule has 2 N–H and O–H groups in total. The molecule has 1 aromatic heterocycles. The van der Waals surface area contributed by atoms with Crippen molar-refractivity contribution in [2.75, 3.05) is 5.73 Å². The average molecular weight is 214 g/mol. The summed E-state index contributed by atoms with van der Waals surface area (Å²) in [6.45, 7) is 3.45. The summed E-state index contributed by atoms with van der Waals surface area (Å²) in [5.41, 5.74) is 9.33. The standard InChI is InChI=1S/C13H14N2O/c1-8(16)7-11-9(2)15-12-6-4-3-5-10(12)13(11)14/h3-6H,7H2,1-2H3,(H2,14,15). The van der Waals surface area contributed by atoms with Gasteiger partial charge in [-0.1, -0.05) is 18.2 Å². The summed E-state index contributed by atoms with van der Waals surface area (Å²) in [7, 11) is 0. The van der Waals surface area contributed by atoms with Crippen LogP contribution in [0.1, 0.15) is 18.2 Å². The minimum absolute atomic E-state index is 0.104. The molecule has 0 amide bonds. The molecular formula is C13H14N2O. The number of aryl methyl sites for hydroxylation is 1. The summed E-state index contributed by atoms with van der Waals surface area (Å²) in [4.78, 5) is 15.6. The lowest BCUT2D eigenvalue weighted by molar-refractivity contribution is -0.116. The van der Waals surface area contributed by atoms with Gasteiger partial charge < -0.3 is 5.73 Å². The Labute approximate surface area is 94.3 Å². The predicted molar refractivity (Wildman–Crippen MR) is 65.3 cm³/mol. The SMILES string of the molecule is CC(=O)Cc1c(C)nc2ccccc2c1N. The van der Waals surface area contributed by atoms with E-state index in [2.05, 4.69) is 4.98 Å². The predicted octanol–water partition coefficient (Wildman–Crippen LogP) is 2.26.